The van der Waals surface area contributed by atoms with Crippen LogP contribution in [0.3, 0.4) is 0 Å². The number of carbonyl (C=O) groups excluding carboxylic acids is 1. The van der Waals surface area contributed by atoms with Crippen LogP contribution in [0.1, 0.15) is 19.4 Å². The van der Waals surface area contributed by atoms with Crippen LogP contribution in [-0.2, 0) is 11.2 Å². The average Bonchev–Trinajstić information content (AvgIpc) is 2.30. The van der Waals surface area contributed by atoms with Crippen LogP contribution in [0.2, 0.25) is 0 Å². The van der Waals surface area contributed by atoms with Crippen molar-refractivity contribution in [2.45, 2.75) is 26.3 Å². The molecule has 1 rings (SSSR count). The molecule has 3 nitrogen and oxygen atoms in total. The molecule has 0 aliphatic carbocycles. The molecule has 2 N–H and O–H groups in total. The first kappa shape index (κ1) is 13.6. The van der Waals surface area contributed by atoms with Crippen molar-refractivity contribution in [2.75, 3.05) is 13.1 Å². The standard InChI is InChI=1S/C13H19FN2O/c1-3-15-13(17)9-16-10(2)8-11-4-6-12(14)7-5-11/h4-7,10,16H,3,8-9H2,1-2H3,(H,15,17). The molecule has 0 aliphatic rings. The van der Waals surface area contributed by atoms with Gasteiger partial charge in [0.1, 0.15) is 5.82 Å². The number of carbonyl (C=O) groups is 1. The van der Waals surface area contributed by atoms with Crippen LogP contribution in [0.15, 0.2) is 24.3 Å². The Balaban J connectivity index is 2.31. The first-order valence-electron chi connectivity index (χ1n) is 5.86. The smallest absolute Gasteiger partial charge is 0.233 e. The highest BCUT2D eigenvalue weighted by molar-refractivity contribution is 5.77. The molecule has 0 aliphatic heterocycles. The van der Waals surface area contributed by atoms with Crippen molar-refractivity contribution in [3.63, 3.8) is 0 Å². The summed E-state index contributed by atoms with van der Waals surface area (Å²) >= 11 is 0. The third-order valence-electron chi connectivity index (χ3n) is 2.44. The van der Waals surface area contributed by atoms with Gasteiger partial charge in [-0.2, -0.15) is 0 Å². The fraction of sp³-hybridized carbons (Fsp3) is 0.462. The van der Waals surface area contributed by atoms with E-state index in [1.165, 1.54) is 12.1 Å². The van der Waals surface area contributed by atoms with Crippen molar-refractivity contribution in [3.8, 4) is 0 Å². The lowest BCUT2D eigenvalue weighted by molar-refractivity contribution is -0.120. The molecule has 0 radical (unpaired) electrons. The second-order valence-electron chi connectivity index (χ2n) is 4.07. The number of benzene rings is 1. The molecular weight excluding hydrogens is 219 g/mol. The highest BCUT2D eigenvalue weighted by atomic mass is 19.1. The average molecular weight is 238 g/mol. The third kappa shape index (κ3) is 5.45. The Bertz CT molecular complexity index is 351. The number of hydrogen-bond acceptors (Lipinski definition) is 2. The molecule has 0 saturated carbocycles. The van der Waals surface area contributed by atoms with Gasteiger partial charge in [-0.25, -0.2) is 4.39 Å². The van der Waals surface area contributed by atoms with E-state index < -0.39 is 0 Å². The number of rotatable bonds is 6. The highest BCUT2D eigenvalue weighted by Gasteiger charge is 2.05. The van der Waals surface area contributed by atoms with Crippen LogP contribution in [0.25, 0.3) is 0 Å². The fourth-order valence-corrected chi connectivity index (χ4v) is 1.57. The van der Waals surface area contributed by atoms with Gasteiger partial charge in [0.25, 0.3) is 0 Å². The molecule has 17 heavy (non-hydrogen) atoms. The van der Waals surface area contributed by atoms with Gasteiger partial charge in [0.15, 0.2) is 0 Å². The normalized spacial score (nSPS) is 12.2. The molecular formula is C13H19FN2O. The predicted molar refractivity (Wildman–Crippen MR) is 66.3 cm³/mol. The van der Waals surface area contributed by atoms with Crippen molar-refractivity contribution >= 4 is 5.91 Å². The van der Waals surface area contributed by atoms with Crippen molar-refractivity contribution in [1.29, 1.82) is 0 Å². The molecule has 0 heterocycles. The van der Waals surface area contributed by atoms with Gasteiger partial charge in [0.2, 0.25) is 5.91 Å². The number of hydrogen-bond donors (Lipinski definition) is 2. The minimum atomic E-state index is -0.225. The zero-order valence-corrected chi connectivity index (χ0v) is 10.3. The Morgan fingerprint density at radius 1 is 1.35 bits per heavy atom. The van der Waals surface area contributed by atoms with E-state index in [2.05, 4.69) is 10.6 Å². The molecule has 1 aromatic rings. The minimum Gasteiger partial charge on any atom is -0.355 e. The van der Waals surface area contributed by atoms with Crippen molar-refractivity contribution in [3.05, 3.63) is 35.6 Å². The summed E-state index contributed by atoms with van der Waals surface area (Å²) < 4.78 is 12.7. The summed E-state index contributed by atoms with van der Waals surface area (Å²) in [4.78, 5) is 11.2. The van der Waals surface area contributed by atoms with E-state index in [0.29, 0.717) is 13.1 Å². The van der Waals surface area contributed by atoms with Gasteiger partial charge in [-0.05, 0) is 38.0 Å². The van der Waals surface area contributed by atoms with Crippen LogP contribution in [0.5, 0.6) is 0 Å². The van der Waals surface area contributed by atoms with E-state index in [0.717, 1.165) is 12.0 Å². The number of amides is 1. The molecule has 94 valence electrons. The molecule has 4 heteroatoms. The maximum absolute atomic E-state index is 12.7. The zero-order chi connectivity index (χ0) is 12.7. The molecule has 1 unspecified atom stereocenters. The maximum atomic E-state index is 12.7. The second kappa shape index (κ2) is 7.01. The lowest BCUT2D eigenvalue weighted by Gasteiger charge is -2.13. The van der Waals surface area contributed by atoms with E-state index >= 15 is 0 Å². The van der Waals surface area contributed by atoms with Crippen molar-refractivity contribution < 1.29 is 9.18 Å². The Morgan fingerprint density at radius 3 is 2.59 bits per heavy atom. The quantitative estimate of drug-likeness (QED) is 0.788. The monoisotopic (exact) mass is 238 g/mol. The first-order valence-corrected chi connectivity index (χ1v) is 5.86. The number of nitrogens with one attached hydrogen (secondary N) is 2. The molecule has 0 aromatic heterocycles. The highest BCUT2D eigenvalue weighted by Crippen LogP contribution is 2.05. The summed E-state index contributed by atoms with van der Waals surface area (Å²) in [7, 11) is 0. The van der Waals surface area contributed by atoms with Crippen molar-refractivity contribution in [2.24, 2.45) is 0 Å². The van der Waals surface area contributed by atoms with Gasteiger partial charge in [0, 0.05) is 12.6 Å². The zero-order valence-electron chi connectivity index (χ0n) is 10.3. The topological polar surface area (TPSA) is 41.1 Å². The second-order valence-corrected chi connectivity index (χ2v) is 4.07. The van der Waals surface area contributed by atoms with Crippen LogP contribution in [0.4, 0.5) is 4.39 Å². The summed E-state index contributed by atoms with van der Waals surface area (Å²) in [6, 6.07) is 6.61. The fourth-order valence-electron chi connectivity index (χ4n) is 1.57. The summed E-state index contributed by atoms with van der Waals surface area (Å²) in [5.74, 6) is -0.227. The van der Waals surface area contributed by atoms with E-state index in [1.54, 1.807) is 12.1 Å². The number of halogens is 1. The van der Waals surface area contributed by atoms with Gasteiger partial charge in [-0.3, -0.25) is 4.79 Å². The molecule has 1 amide bonds. The van der Waals surface area contributed by atoms with E-state index in [1.807, 2.05) is 13.8 Å². The lowest BCUT2D eigenvalue weighted by Crippen LogP contribution is -2.38. The predicted octanol–water partition coefficient (Wildman–Crippen LogP) is 1.48. The Morgan fingerprint density at radius 2 is 2.00 bits per heavy atom. The van der Waals surface area contributed by atoms with Gasteiger partial charge in [-0.15, -0.1) is 0 Å². The molecule has 0 saturated heterocycles. The van der Waals surface area contributed by atoms with Crippen molar-refractivity contribution in [1.82, 2.24) is 10.6 Å². The molecule has 0 bridgehead atoms. The summed E-state index contributed by atoms with van der Waals surface area (Å²) in [5, 5.41) is 5.85. The summed E-state index contributed by atoms with van der Waals surface area (Å²) in [5.41, 5.74) is 1.06. The van der Waals surface area contributed by atoms with E-state index in [-0.39, 0.29) is 17.8 Å². The Kier molecular flexibility index (Phi) is 5.63. The number of likely N-dealkylation sites (N-methyl/N-ethyl adjacent to an activating group) is 1. The lowest BCUT2D eigenvalue weighted by atomic mass is 10.1. The molecule has 0 spiro atoms. The third-order valence-corrected chi connectivity index (χ3v) is 2.44. The van der Waals surface area contributed by atoms with E-state index in [4.69, 9.17) is 0 Å². The summed E-state index contributed by atoms with van der Waals surface area (Å²) in [6.45, 7) is 4.85. The molecule has 0 fully saturated rings. The van der Waals surface area contributed by atoms with Gasteiger partial charge in [-0.1, -0.05) is 12.1 Å². The van der Waals surface area contributed by atoms with Crippen LogP contribution >= 0.6 is 0 Å². The van der Waals surface area contributed by atoms with Gasteiger partial charge in [0.05, 0.1) is 6.54 Å². The largest absolute Gasteiger partial charge is 0.355 e. The van der Waals surface area contributed by atoms with Gasteiger partial charge < -0.3 is 10.6 Å². The molecule has 1 aromatic carbocycles. The SMILES string of the molecule is CCNC(=O)CNC(C)Cc1ccc(F)cc1. The van der Waals surface area contributed by atoms with Gasteiger partial charge >= 0.3 is 0 Å². The Labute approximate surface area is 101 Å². The summed E-state index contributed by atoms with van der Waals surface area (Å²) in [6.07, 6.45) is 0.777. The van der Waals surface area contributed by atoms with Crippen LogP contribution in [0, 0.1) is 5.82 Å². The first-order chi connectivity index (χ1) is 8.11. The van der Waals surface area contributed by atoms with Crippen LogP contribution < -0.4 is 10.6 Å². The minimum absolute atomic E-state index is 0.00143. The Hall–Kier alpha value is -1.42. The maximum Gasteiger partial charge on any atom is 0.233 e. The van der Waals surface area contributed by atoms with Crippen LogP contribution in [-0.4, -0.2) is 25.0 Å². The molecule has 1 atom stereocenters. The van der Waals surface area contributed by atoms with E-state index in [9.17, 15) is 9.18 Å².